The van der Waals surface area contributed by atoms with Crippen LogP contribution < -0.4 is 5.32 Å². The predicted molar refractivity (Wildman–Crippen MR) is 109 cm³/mol. The van der Waals surface area contributed by atoms with Crippen molar-refractivity contribution in [3.63, 3.8) is 0 Å². The van der Waals surface area contributed by atoms with Crippen LogP contribution in [-0.2, 0) is 15.6 Å². The summed E-state index contributed by atoms with van der Waals surface area (Å²) in [4.78, 5) is 24.8. The SMILES string of the molecule is C[C@H](O[Si](C)(C)C(C)(C)C)[C@H]1C(=O)N[C@@H]1CC(=O)c1cccc(CCO)c1. The van der Waals surface area contributed by atoms with E-state index >= 15 is 0 Å². The van der Waals surface area contributed by atoms with Gasteiger partial charge in [-0.25, -0.2) is 0 Å². The van der Waals surface area contributed by atoms with E-state index in [1.165, 1.54) is 0 Å². The summed E-state index contributed by atoms with van der Waals surface area (Å²) < 4.78 is 6.38. The quantitative estimate of drug-likeness (QED) is 0.405. The number of Topliss-reactive ketones (excluding diaryl/α,β-unsaturated/α-hetero) is 1. The average molecular weight is 392 g/mol. The molecule has 1 aliphatic rings. The first-order valence-corrected chi connectivity index (χ1v) is 12.6. The average Bonchev–Trinajstić information content (AvgIpc) is 2.52. The minimum atomic E-state index is -1.98. The Kier molecular flexibility index (Phi) is 6.66. The minimum absolute atomic E-state index is 0.00400. The van der Waals surface area contributed by atoms with Gasteiger partial charge in [0.1, 0.15) is 0 Å². The van der Waals surface area contributed by atoms with Gasteiger partial charge < -0.3 is 14.8 Å². The van der Waals surface area contributed by atoms with Crippen molar-refractivity contribution >= 4 is 20.0 Å². The van der Waals surface area contributed by atoms with Gasteiger partial charge in [-0.15, -0.1) is 0 Å². The van der Waals surface area contributed by atoms with Gasteiger partial charge in [0.15, 0.2) is 14.1 Å². The number of carbonyl (C=O) groups excluding carboxylic acids is 2. The third-order valence-corrected chi connectivity index (χ3v) is 10.5. The molecule has 27 heavy (non-hydrogen) atoms. The molecule has 5 nitrogen and oxygen atoms in total. The molecule has 0 aliphatic carbocycles. The van der Waals surface area contributed by atoms with Gasteiger partial charge in [0.25, 0.3) is 0 Å². The Balaban J connectivity index is 2.04. The van der Waals surface area contributed by atoms with E-state index in [2.05, 4.69) is 39.2 Å². The summed E-state index contributed by atoms with van der Waals surface area (Å²) in [6.07, 6.45) is 0.587. The molecule has 2 rings (SSSR count). The van der Waals surface area contributed by atoms with E-state index in [0.29, 0.717) is 12.0 Å². The number of amides is 1. The van der Waals surface area contributed by atoms with Crippen LogP contribution in [0.2, 0.25) is 18.1 Å². The molecule has 1 saturated heterocycles. The molecule has 0 spiro atoms. The number of nitrogens with one attached hydrogen (secondary N) is 1. The van der Waals surface area contributed by atoms with Crippen LogP contribution in [0.25, 0.3) is 0 Å². The lowest BCUT2D eigenvalue weighted by molar-refractivity contribution is -0.139. The molecule has 0 aromatic heterocycles. The fourth-order valence-electron chi connectivity index (χ4n) is 3.24. The molecule has 1 heterocycles. The summed E-state index contributed by atoms with van der Waals surface area (Å²) >= 11 is 0. The van der Waals surface area contributed by atoms with Crippen molar-refractivity contribution in [1.29, 1.82) is 0 Å². The van der Waals surface area contributed by atoms with Gasteiger partial charge in [0.2, 0.25) is 5.91 Å². The standard InChI is InChI=1S/C21H33NO4Si/c1-14(26-27(5,6)21(2,3)4)19-17(22-20(19)25)13-18(24)16-9-7-8-15(12-16)10-11-23/h7-9,12,14,17,19,23H,10-11,13H2,1-6H3,(H,22,25)/t14-,17+,19+/m0/s1. The van der Waals surface area contributed by atoms with E-state index in [9.17, 15) is 9.59 Å². The Morgan fingerprint density at radius 3 is 2.56 bits per heavy atom. The van der Waals surface area contributed by atoms with Gasteiger partial charge in [-0.1, -0.05) is 39.0 Å². The second-order valence-electron chi connectivity index (χ2n) is 9.03. The van der Waals surface area contributed by atoms with Crippen LogP contribution in [0, 0.1) is 5.92 Å². The number of rotatable bonds is 8. The molecule has 0 bridgehead atoms. The van der Waals surface area contributed by atoms with E-state index < -0.39 is 8.32 Å². The summed E-state index contributed by atoms with van der Waals surface area (Å²) in [5.41, 5.74) is 1.56. The highest BCUT2D eigenvalue weighted by Gasteiger charge is 2.47. The maximum absolute atomic E-state index is 12.7. The molecule has 0 unspecified atom stereocenters. The fourth-order valence-corrected chi connectivity index (χ4v) is 4.66. The maximum atomic E-state index is 12.7. The molecule has 150 valence electrons. The van der Waals surface area contributed by atoms with Crippen LogP contribution in [0.15, 0.2) is 24.3 Å². The third kappa shape index (κ3) is 5.06. The van der Waals surface area contributed by atoms with Crippen molar-refractivity contribution in [3.8, 4) is 0 Å². The number of hydrogen-bond acceptors (Lipinski definition) is 4. The minimum Gasteiger partial charge on any atom is -0.413 e. The van der Waals surface area contributed by atoms with Gasteiger partial charge in [-0.3, -0.25) is 9.59 Å². The Hall–Kier alpha value is -1.50. The van der Waals surface area contributed by atoms with E-state index in [4.69, 9.17) is 9.53 Å². The van der Waals surface area contributed by atoms with Crippen LogP contribution in [0.4, 0.5) is 0 Å². The maximum Gasteiger partial charge on any atom is 0.228 e. The largest absolute Gasteiger partial charge is 0.413 e. The van der Waals surface area contributed by atoms with Crippen molar-refractivity contribution in [2.75, 3.05) is 6.61 Å². The topological polar surface area (TPSA) is 75.6 Å². The van der Waals surface area contributed by atoms with Gasteiger partial charge >= 0.3 is 0 Å². The lowest BCUT2D eigenvalue weighted by Crippen LogP contribution is -2.64. The van der Waals surface area contributed by atoms with Crippen molar-refractivity contribution in [1.82, 2.24) is 5.32 Å². The number of benzene rings is 1. The van der Waals surface area contributed by atoms with Crippen molar-refractivity contribution in [2.24, 2.45) is 5.92 Å². The second kappa shape index (κ2) is 8.25. The van der Waals surface area contributed by atoms with Crippen LogP contribution in [-0.4, -0.2) is 43.9 Å². The van der Waals surface area contributed by atoms with Gasteiger partial charge in [-0.05, 0) is 43.1 Å². The lowest BCUT2D eigenvalue weighted by Gasteiger charge is -2.45. The van der Waals surface area contributed by atoms with Crippen LogP contribution in [0.5, 0.6) is 0 Å². The number of aliphatic hydroxyl groups is 1. The third-order valence-electron chi connectivity index (χ3n) is 5.91. The normalized spacial score (nSPS) is 21.4. The molecule has 3 atom stereocenters. The molecule has 1 fully saturated rings. The highest BCUT2D eigenvalue weighted by atomic mass is 28.4. The summed E-state index contributed by atoms with van der Waals surface area (Å²) in [6, 6.07) is 7.15. The Labute approximate surface area is 163 Å². The number of aliphatic hydroxyl groups excluding tert-OH is 1. The number of ketones is 1. The molecule has 1 aromatic rings. The monoisotopic (exact) mass is 391 g/mol. The molecular weight excluding hydrogens is 358 g/mol. The second-order valence-corrected chi connectivity index (χ2v) is 13.8. The van der Waals surface area contributed by atoms with Crippen molar-refractivity contribution in [3.05, 3.63) is 35.4 Å². The van der Waals surface area contributed by atoms with Gasteiger partial charge in [-0.2, -0.15) is 0 Å². The summed E-state index contributed by atoms with van der Waals surface area (Å²) in [5, 5.41) is 12.0. The lowest BCUT2D eigenvalue weighted by atomic mass is 9.82. The molecule has 1 aromatic carbocycles. The number of hydrogen-bond donors (Lipinski definition) is 2. The van der Waals surface area contributed by atoms with E-state index in [1.807, 2.05) is 25.1 Å². The first kappa shape index (κ1) is 21.8. The first-order valence-electron chi connectivity index (χ1n) is 9.67. The molecule has 1 aliphatic heterocycles. The summed E-state index contributed by atoms with van der Waals surface area (Å²) in [7, 11) is -1.98. The molecular formula is C21H33NO4Si. The zero-order chi connectivity index (χ0) is 20.4. The van der Waals surface area contributed by atoms with E-state index in [-0.39, 0.29) is 47.8 Å². The Morgan fingerprint density at radius 2 is 2.00 bits per heavy atom. The van der Waals surface area contributed by atoms with Gasteiger partial charge in [0.05, 0.1) is 18.1 Å². The molecule has 2 N–H and O–H groups in total. The highest BCUT2D eigenvalue weighted by molar-refractivity contribution is 6.74. The zero-order valence-electron chi connectivity index (χ0n) is 17.3. The Morgan fingerprint density at radius 1 is 1.33 bits per heavy atom. The molecule has 1 amide bonds. The molecule has 0 radical (unpaired) electrons. The Bertz CT molecular complexity index is 696. The zero-order valence-corrected chi connectivity index (χ0v) is 18.3. The number of β-lactam (4-membered cyclic amide) rings is 1. The fraction of sp³-hybridized carbons (Fsp3) is 0.619. The molecule has 6 heteroatoms. The van der Waals surface area contributed by atoms with Crippen LogP contribution in [0.3, 0.4) is 0 Å². The smallest absolute Gasteiger partial charge is 0.228 e. The highest BCUT2D eigenvalue weighted by Crippen LogP contribution is 2.39. The van der Waals surface area contributed by atoms with Crippen LogP contribution >= 0.6 is 0 Å². The van der Waals surface area contributed by atoms with Gasteiger partial charge in [0, 0.05) is 18.6 Å². The predicted octanol–water partition coefficient (Wildman–Crippen LogP) is 3.32. The van der Waals surface area contributed by atoms with Crippen LogP contribution in [0.1, 0.15) is 50.0 Å². The number of carbonyl (C=O) groups is 2. The first-order chi connectivity index (χ1) is 12.5. The molecule has 0 saturated carbocycles. The van der Waals surface area contributed by atoms with Crippen molar-refractivity contribution in [2.45, 2.75) is 70.8 Å². The summed E-state index contributed by atoms with van der Waals surface area (Å²) in [5.74, 6) is -0.318. The van der Waals surface area contributed by atoms with Crippen molar-refractivity contribution < 1.29 is 19.1 Å². The van der Waals surface area contributed by atoms with E-state index in [0.717, 1.165) is 5.56 Å². The van der Waals surface area contributed by atoms with E-state index in [1.54, 1.807) is 6.07 Å². The summed E-state index contributed by atoms with van der Waals surface area (Å²) in [6.45, 7) is 12.9.